The third-order valence-electron chi connectivity index (χ3n) is 4.32. The lowest BCUT2D eigenvalue weighted by atomic mass is 10.1. The van der Waals surface area contributed by atoms with Crippen molar-refractivity contribution in [2.24, 2.45) is 0 Å². The van der Waals surface area contributed by atoms with E-state index < -0.39 is 18.5 Å². The highest BCUT2D eigenvalue weighted by molar-refractivity contribution is 6.04. The average Bonchev–Trinajstić information content (AvgIpc) is 2.72. The van der Waals surface area contributed by atoms with E-state index in [9.17, 15) is 14.4 Å². The molecule has 3 rings (SSSR count). The molecular formula is C21H19NO5. The van der Waals surface area contributed by atoms with Gasteiger partial charge in [-0.3, -0.25) is 9.36 Å². The van der Waals surface area contributed by atoms with E-state index in [1.165, 1.54) is 17.9 Å². The SMILES string of the molecule is CCc1ccc(-n2cc(C(=O)OCC(=O)OC)c3ccccc3c2=O)cc1. The van der Waals surface area contributed by atoms with Gasteiger partial charge >= 0.3 is 11.9 Å². The fourth-order valence-electron chi connectivity index (χ4n) is 2.80. The summed E-state index contributed by atoms with van der Waals surface area (Å²) in [7, 11) is 1.21. The van der Waals surface area contributed by atoms with Gasteiger partial charge in [-0.2, -0.15) is 0 Å². The lowest BCUT2D eigenvalue weighted by molar-refractivity contribution is -0.144. The number of pyridine rings is 1. The second kappa shape index (κ2) is 7.86. The van der Waals surface area contributed by atoms with E-state index in [1.807, 2.05) is 31.2 Å². The minimum atomic E-state index is -0.699. The van der Waals surface area contributed by atoms with E-state index in [0.29, 0.717) is 16.5 Å². The molecule has 0 aliphatic rings. The molecule has 0 saturated heterocycles. The van der Waals surface area contributed by atoms with Crippen LogP contribution in [0.2, 0.25) is 0 Å². The van der Waals surface area contributed by atoms with Crippen molar-refractivity contribution in [2.45, 2.75) is 13.3 Å². The van der Waals surface area contributed by atoms with Gasteiger partial charge in [-0.05, 0) is 30.2 Å². The van der Waals surface area contributed by atoms with Gasteiger partial charge in [-0.1, -0.05) is 37.3 Å². The van der Waals surface area contributed by atoms with Crippen molar-refractivity contribution in [3.8, 4) is 5.69 Å². The lowest BCUT2D eigenvalue weighted by Gasteiger charge is -2.12. The molecule has 0 amide bonds. The zero-order chi connectivity index (χ0) is 19.4. The number of aryl methyl sites for hydroxylation is 1. The molecule has 0 spiro atoms. The van der Waals surface area contributed by atoms with Crippen molar-refractivity contribution < 1.29 is 19.1 Å². The minimum Gasteiger partial charge on any atom is -0.466 e. The topological polar surface area (TPSA) is 74.6 Å². The van der Waals surface area contributed by atoms with E-state index in [4.69, 9.17) is 4.74 Å². The zero-order valence-electron chi connectivity index (χ0n) is 15.1. The van der Waals surface area contributed by atoms with Crippen LogP contribution in [0.15, 0.2) is 59.5 Å². The van der Waals surface area contributed by atoms with Crippen LogP contribution in [0.1, 0.15) is 22.8 Å². The van der Waals surface area contributed by atoms with Gasteiger partial charge in [0.05, 0.1) is 12.7 Å². The van der Waals surface area contributed by atoms with Crippen LogP contribution in [0.4, 0.5) is 0 Å². The largest absolute Gasteiger partial charge is 0.466 e. The van der Waals surface area contributed by atoms with E-state index in [2.05, 4.69) is 4.74 Å². The molecule has 0 unspecified atom stereocenters. The fourth-order valence-corrected chi connectivity index (χ4v) is 2.80. The average molecular weight is 365 g/mol. The van der Waals surface area contributed by atoms with Gasteiger partial charge in [-0.15, -0.1) is 0 Å². The Morgan fingerprint density at radius 1 is 1.00 bits per heavy atom. The van der Waals surface area contributed by atoms with Crippen molar-refractivity contribution >= 4 is 22.7 Å². The molecule has 1 aromatic heterocycles. The molecule has 0 bridgehead atoms. The maximum Gasteiger partial charge on any atom is 0.344 e. The number of nitrogens with zero attached hydrogens (tertiary/aromatic N) is 1. The van der Waals surface area contributed by atoms with Gasteiger partial charge in [-0.25, -0.2) is 9.59 Å². The zero-order valence-corrected chi connectivity index (χ0v) is 15.1. The Balaban J connectivity index is 2.12. The van der Waals surface area contributed by atoms with Crippen LogP contribution < -0.4 is 5.56 Å². The highest BCUT2D eigenvalue weighted by Crippen LogP contribution is 2.19. The second-order valence-electron chi connectivity index (χ2n) is 5.94. The molecule has 0 saturated carbocycles. The molecule has 0 N–H and O–H groups in total. The molecular weight excluding hydrogens is 346 g/mol. The number of carbonyl (C=O) groups is 2. The molecule has 0 atom stereocenters. The van der Waals surface area contributed by atoms with E-state index in [1.54, 1.807) is 24.3 Å². The standard InChI is InChI=1S/C21H19NO5/c1-3-14-8-10-15(11-9-14)22-12-18(21(25)27-13-19(23)26-2)16-6-4-5-7-17(16)20(22)24/h4-12H,3,13H2,1-2H3. The maximum absolute atomic E-state index is 12.9. The Labute approximate surface area is 156 Å². The Kier molecular flexibility index (Phi) is 5.35. The van der Waals surface area contributed by atoms with Crippen LogP contribution in [0.5, 0.6) is 0 Å². The maximum atomic E-state index is 12.9. The summed E-state index contributed by atoms with van der Waals surface area (Å²) < 4.78 is 10.9. The number of methoxy groups -OCH3 is 1. The first-order valence-electron chi connectivity index (χ1n) is 8.52. The second-order valence-corrected chi connectivity index (χ2v) is 5.94. The number of carbonyl (C=O) groups excluding carboxylic acids is 2. The predicted molar refractivity (Wildman–Crippen MR) is 101 cm³/mol. The van der Waals surface area contributed by atoms with Crippen LogP contribution in [-0.2, 0) is 20.7 Å². The molecule has 6 nitrogen and oxygen atoms in total. The molecule has 3 aromatic rings. The number of esters is 2. The van der Waals surface area contributed by atoms with Gasteiger partial charge in [0.1, 0.15) is 0 Å². The Morgan fingerprint density at radius 2 is 1.67 bits per heavy atom. The van der Waals surface area contributed by atoms with Gasteiger partial charge in [0.25, 0.3) is 5.56 Å². The molecule has 0 aliphatic carbocycles. The van der Waals surface area contributed by atoms with Gasteiger partial charge in [0, 0.05) is 22.7 Å². The number of hydrogen-bond acceptors (Lipinski definition) is 5. The van der Waals surface area contributed by atoms with E-state index in [-0.39, 0.29) is 11.1 Å². The van der Waals surface area contributed by atoms with Crippen molar-refractivity contribution in [1.82, 2.24) is 4.57 Å². The smallest absolute Gasteiger partial charge is 0.344 e. The van der Waals surface area contributed by atoms with Crippen molar-refractivity contribution in [1.29, 1.82) is 0 Å². The van der Waals surface area contributed by atoms with Crippen molar-refractivity contribution in [3.63, 3.8) is 0 Å². The van der Waals surface area contributed by atoms with Crippen LogP contribution in [0.3, 0.4) is 0 Å². The van der Waals surface area contributed by atoms with Crippen LogP contribution >= 0.6 is 0 Å². The quantitative estimate of drug-likeness (QED) is 0.650. The summed E-state index contributed by atoms with van der Waals surface area (Å²) in [6.45, 7) is 1.56. The monoisotopic (exact) mass is 365 g/mol. The number of ether oxygens (including phenoxy) is 2. The Morgan fingerprint density at radius 3 is 2.30 bits per heavy atom. The highest BCUT2D eigenvalue weighted by atomic mass is 16.6. The third kappa shape index (κ3) is 3.74. The predicted octanol–water partition coefficient (Wildman–Crippen LogP) is 2.88. The first-order chi connectivity index (χ1) is 13.0. The summed E-state index contributed by atoms with van der Waals surface area (Å²) in [6, 6.07) is 14.3. The summed E-state index contributed by atoms with van der Waals surface area (Å²) in [4.78, 5) is 36.7. The summed E-state index contributed by atoms with van der Waals surface area (Å²) in [5.74, 6) is -1.35. The fraction of sp³-hybridized carbons (Fsp3) is 0.190. The van der Waals surface area contributed by atoms with E-state index in [0.717, 1.165) is 12.0 Å². The van der Waals surface area contributed by atoms with Gasteiger partial charge in [0.2, 0.25) is 0 Å². The Bertz CT molecular complexity index is 1050. The number of aromatic nitrogens is 1. The molecule has 0 fully saturated rings. The van der Waals surface area contributed by atoms with Gasteiger partial charge < -0.3 is 9.47 Å². The number of fused-ring (bicyclic) bond motifs is 1. The summed E-state index contributed by atoms with van der Waals surface area (Å²) in [6.07, 6.45) is 2.34. The normalized spacial score (nSPS) is 10.6. The molecule has 6 heteroatoms. The summed E-state index contributed by atoms with van der Waals surface area (Å²) >= 11 is 0. The number of hydrogen-bond donors (Lipinski definition) is 0. The first kappa shape index (κ1) is 18.4. The first-order valence-corrected chi connectivity index (χ1v) is 8.52. The van der Waals surface area contributed by atoms with Crippen molar-refractivity contribution in [2.75, 3.05) is 13.7 Å². The third-order valence-corrected chi connectivity index (χ3v) is 4.32. The molecule has 0 radical (unpaired) electrons. The van der Waals surface area contributed by atoms with E-state index >= 15 is 0 Å². The van der Waals surface area contributed by atoms with Crippen molar-refractivity contribution in [3.05, 3.63) is 76.2 Å². The molecule has 0 aliphatic heterocycles. The van der Waals surface area contributed by atoms with Crippen LogP contribution in [-0.4, -0.2) is 30.2 Å². The van der Waals surface area contributed by atoms with Crippen LogP contribution in [0, 0.1) is 0 Å². The van der Waals surface area contributed by atoms with Gasteiger partial charge in [0.15, 0.2) is 6.61 Å². The molecule has 2 aromatic carbocycles. The Hall–Kier alpha value is -3.41. The van der Waals surface area contributed by atoms with Crippen LogP contribution in [0.25, 0.3) is 16.5 Å². The molecule has 138 valence electrons. The summed E-state index contributed by atoms with van der Waals surface area (Å²) in [5, 5.41) is 0.864. The highest BCUT2D eigenvalue weighted by Gasteiger charge is 2.17. The lowest BCUT2D eigenvalue weighted by Crippen LogP contribution is -2.22. The molecule has 1 heterocycles. The summed E-state index contributed by atoms with van der Waals surface area (Å²) in [5.41, 5.74) is 1.75. The number of benzene rings is 2. The minimum absolute atomic E-state index is 0.202. The number of rotatable bonds is 5. The molecule has 27 heavy (non-hydrogen) atoms.